The fourth-order valence-electron chi connectivity index (χ4n) is 2.57. The zero-order valence-corrected chi connectivity index (χ0v) is 10.8. The maximum atomic E-state index is 12.2. The van der Waals surface area contributed by atoms with E-state index in [0.717, 1.165) is 23.9 Å². The highest BCUT2D eigenvalue weighted by Gasteiger charge is 2.33. The number of ether oxygens (including phenoxy) is 1. The number of H-pyrrole nitrogens is 1. The van der Waals surface area contributed by atoms with Gasteiger partial charge in [-0.2, -0.15) is 0 Å². The number of hydrogen-bond donors (Lipinski definition) is 2. The zero-order chi connectivity index (χ0) is 13.2. The molecule has 2 aromatic rings. The summed E-state index contributed by atoms with van der Waals surface area (Å²) in [5.41, 5.74) is 1.78. The fraction of sp³-hybridized carbons (Fsp3) is 0.429. The summed E-state index contributed by atoms with van der Waals surface area (Å²) in [6.45, 7) is 2.70. The number of anilines is 1. The number of nitrogens with zero attached hydrogens (tertiary/aromatic N) is 1. The summed E-state index contributed by atoms with van der Waals surface area (Å²) in [6, 6.07) is 7.71. The molecule has 0 saturated carbocycles. The van der Waals surface area contributed by atoms with Crippen molar-refractivity contribution < 1.29 is 9.53 Å². The number of nitrogens with one attached hydrogen (secondary N) is 2. The van der Waals surface area contributed by atoms with Gasteiger partial charge in [0, 0.05) is 6.61 Å². The summed E-state index contributed by atoms with van der Waals surface area (Å²) in [5, 5.41) is 2.85. The summed E-state index contributed by atoms with van der Waals surface area (Å²) >= 11 is 0. The molecule has 3 rings (SSSR count). The van der Waals surface area contributed by atoms with Crippen LogP contribution in [0.2, 0.25) is 0 Å². The van der Waals surface area contributed by atoms with Gasteiger partial charge in [0.25, 0.3) is 0 Å². The molecule has 2 N–H and O–H groups in total. The molecule has 1 saturated heterocycles. The molecule has 5 heteroatoms. The molecule has 100 valence electrons. The van der Waals surface area contributed by atoms with Crippen molar-refractivity contribution in [3.05, 3.63) is 24.3 Å². The van der Waals surface area contributed by atoms with Crippen LogP contribution in [0.25, 0.3) is 11.0 Å². The highest BCUT2D eigenvalue weighted by atomic mass is 16.5. The van der Waals surface area contributed by atoms with Gasteiger partial charge in [-0.25, -0.2) is 4.98 Å². The van der Waals surface area contributed by atoms with E-state index in [0.29, 0.717) is 12.6 Å². The van der Waals surface area contributed by atoms with Crippen LogP contribution in [-0.4, -0.2) is 28.6 Å². The van der Waals surface area contributed by atoms with Gasteiger partial charge in [-0.05, 0) is 25.0 Å². The van der Waals surface area contributed by atoms with E-state index in [1.165, 1.54) is 0 Å². The number of aromatic nitrogens is 2. The Labute approximate surface area is 111 Å². The number of aromatic amines is 1. The Morgan fingerprint density at radius 3 is 3.16 bits per heavy atom. The summed E-state index contributed by atoms with van der Waals surface area (Å²) in [4.78, 5) is 19.7. The van der Waals surface area contributed by atoms with Crippen molar-refractivity contribution in [2.75, 3.05) is 11.9 Å². The number of hydrogen-bond acceptors (Lipinski definition) is 3. The van der Waals surface area contributed by atoms with Crippen molar-refractivity contribution >= 4 is 22.9 Å². The van der Waals surface area contributed by atoms with Gasteiger partial charge in [-0.3, -0.25) is 10.1 Å². The molecule has 1 amide bonds. The Kier molecular flexibility index (Phi) is 3.21. The molecule has 2 heterocycles. The van der Waals surface area contributed by atoms with E-state index < -0.39 is 0 Å². The van der Waals surface area contributed by atoms with Gasteiger partial charge in [-0.1, -0.05) is 19.1 Å². The Balaban J connectivity index is 1.75. The molecular weight excluding hydrogens is 242 g/mol. The van der Waals surface area contributed by atoms with Crippen LogP contribution in [0.5, 0.6) is 0 Å². The third-order valence-corrected chi connectivity index (χ3v) is 3.58. The Morgan fingerprint density at radius 2 is 2.37 bits per heavy atom. The van der Waals surface area contributed by atoms with Crippen molar-refractivity contribution in [2.24, 2.45) is 5.92 Å². The van der Waals surface area contributed by atoms with Crippen LogP contribution in [0.3, 0.4) is 0 Å². The minimum absolute atomic E-state index is 0.0107. The highest BCUT2D eigenvalue weighted by Crippen LogP contribution is 2.24. The first kappa shape index (κ1) is 12.2. The third kappa shape index (κ3) is 2.33. The fourth-order valence-corrected chi connectivity index (χ4v) is 2.57. The number of fused-ring (bicyclic) bond motifs is 1. The van der Waals surface area contributed by atoms with Gasteiger partial charge in [-0.15, -0.1) is 0 Å². The van der Waals surface area contributed by atoms with Crippen LogP contribution in [0, 0.1) is 5.92 Å². The molecule has 5 nitrogen and oxygen atoms in total. The SMILES string of the molecule is CCC1OCCC1C(=O)Nc1nc2ccccc2[nH]1. The minimum Gasteiger partial charge on any atom is -0.377 e. The monoisotopic (exact) mass is 259 g/mol. The number of rotatable bonds is 3. The molecule has 2 atom stereocenters. The van der Waals surface area contributed by atoms with E-state index in [4.69, 9.17) is 4.74 Å². The second-order valence-electron chi connectivity index (χ2n) is 4.80. The maximum Gasteiger partial charge on any atom is 0.232 e. The lowest BCUT2D eigenvalue weighted by molar-refractivity contribution is -0.121. The predicted molar refractivity (Wildman–Crippen MR) is 72.9 cm³/mol. The van der Waals surface area contributed by atoms with Crippen molar-refractivity contribution in [3.63, 3.8) is 0 Å². The Morgan fingerprint density at radius 1 is 1.53 bits per heavy atom. The lowest BCUT2D eigenvalue weighted by atomic mass is 9.99. The molecule has 1 fully saturated rings. The number of imidazole rings is 1. The molecule has 0 radical (unpaired) electrons. The molecule has 2 unspecified atom stereocenters. The molecule has 1 aromatic heterocycles. The molecule has 19 heavy (non-hydrogen) atoms. The topological polar surface area (TPSA) is 67.0 Å². The number of para-hydroxylation sites is 2. The lowest BCUT2D eigenvalue weighted by Crippen LogP contribution is -2.29. The van der Waals surface area contributed by atoms with Crippen molar-refractivity contribution in [3.8, 4) is 0 Å². The molecule has 0 aliphatic carbocycles. The van der Waals surface area contributed by atoms with Crippen LogP contribution in [-0.2, 0) is 9.53 Å². The van der Waals surface area contributed by atoms with Gasteiger partial charge in [0.1, 0.15) is 0 Å². The van der Waals surface area contributed by atoms with E-state index in [9.17, 15) is 4.79 Å². The van der Waals surface area contributed by atoms with Crippen LogP contribution >= 0.6 is 0 Å². The van der Waals surface area contributed by atoms with Crippen molar-refractivity contribution in [1.29, 1.82) is 0 Å². The molecule has 1 aromatic carbocycles. The summed E-state index contributed by atoms with van der Waals surface area (Å²) < 4.78 is 5.54. The van der Waals surface area contributed by atoms with Crippen LogP contribution < -0.4 is 5.32 Å². The Hall–Kier alpha value is -1.88. The van der Waals surface area contributed by atoms with E-state index in [1.54, 1.807) is 0 Å². The van der Waals surface area contributed by atoms with Gasteiger partial charge in [0.2, 0.25) is 11.9 Å². The van der Waals surface area contributed by atoms with E-state index in [2.05, 4.69) is 15.3 Å². The van der Waals surface area contributed by atoms with Crippen LogP contribution in [0.4, 0.5) is 5.95 Å². The second kappa shape index (κ2) is 5.01. The first-order chi connectivity index (χ1) is 9.28. The highest BCUT2D eigenvalue weighted by molar-refractivity contribution is 5.93. The normalized spacial score (nSPS) is 22.8. The molecule has 1 aliphatic heterocycles. The largest absolute Gasteiger partial charge is 0.377 e. The van der Waals surface area contributed by atoms with Gasteiger partial charge >= 0.3 is 0 Å². The average molecular weight is 259 g/mol. The number of benzene rings is 1. The number of carbonyl (C=O) groups excluding carboxylic acids is 1. The quantitative estimate of drug-likeness (QED) is 0.889. The first-order valence-electron chi connectivity index (χ1n) is 6.65. The van der Waals surface area contributed by atoms with E-state index in [1.807, 2.05) is 31.2 Å². The number of carbonyl (C=O) groups is 1. The zero-order valence-electron chi connectivity index (χ0n) is 10.8. The lowest BCUT2D eigenvalue weighted by Gasteiger charge is -2.15. The van der Waals surface area contributed by atoms with Crippen LogP contribution in [0.1, 0.15) is 19.8 Å². The molecule has 0 spiro atoms. The first-order valence-corrected chi connectivity index (χ1v) is 6.65. The summed E-state index contributed by atoms with van der Waals surface area (Å²) in [7, 11) is 0. The Bertz CT molecular complexity index is 560. The predicted octanol–water partition coefficient (Wildman–Crippen LogP) is 2.32. The van der Waals surface area contributed by atoms with Gasteiger partial charge in [0.05, 0.1) is 23.1 Å². The average Bonchev–Trinajstić information content (AvgIpc) is 3.03. The van der Waals surface area contributed by atoms with E-state index in [-0.39, 0.29) is 17.9 Å². The molecular formula is C14H17N3O2. The minimum atomic E-state index is -0.0711. The van der Waals surface area contributed by atoms with Gasteiger partial charge in [0.15, 0.2) is 0 Å². The standard InChI is InChI=1S/C14H17N3O2/c1-2-12-9(7-8-19-12)13(18)17-14-15-10-5-3-4-6-11(10)16-14/h3-6,9,12H,2,7-8H2,1H3,(H2,15,16,17,18). The van der Waals surface area contributed by atoms with E-state index >= 15 is 0 Å². The maximum absolute atomic E-state index is 12.2. The van der Waals surface area contributed by atoms with Crippen molar-refractivity contribution in [2.45, 2.75) is 25.9 Å². The molecule has 0 bridgehead atoms. The van der Waals surface area contributed by atoms with Crippen LogP contribution in [0.15, 0.2) is 24.3 Å². The molecule has 1 aliphatic rings. The van der Waals surface area contributed by atoms with Gasteiger partial charge < -0.3 is 9.72 Å². The number of amides is 1. The summed E-state index contributed by atoms with van der Waals surface area (Å²) in [5.74, 6) is 0.426. The summed E-state index contributed by atoms with van der Waals surface area (Å²) in [6.07, 6.45) is 1.67. The second-order valence-corrected chi connectivity index (χ2v) is 4.80. The smallest absolute Gasteiger partial charge is 0.232 e. The van der Waals surface area contributed by atoms with Crippen molar-refractivity contribution in [1.82, 2.24) is 9.97 Å². The third-order valence-electron chi connectivity index (χ3n) is 3.58.